The zero-order valence-electron chi connectivity index (χ0n) is 12.7. The van der Waals surface area contributed by atoms with Crippen molar-refractivity contribution in [3.8, 4) is 0 Å². The Bertz CT molecular complexity index is 223. The lowest BCUT2D eigenvalue weighted by Crippen LogP contribution is -2.54. The predicted octanol–water partition coefficient (Wildman–Crippen LogP) is 0.843. The van der Waals surface area contributed by atoms with Gasteiger partial charge in [-0.2, -0.15) is 0 Å². The van der Waals surface area contributed by atoms with Crippen LogP contribution in [0, 0.1) is 0 Å². The molecule has 0 radical (unpaired) electrons. The van der Waals surface area contributed by atoms with Crippen molar-refractivity contribution in [3.63, 3.8) is 0 Å². The molecule has 0 aromatic rings. The van der Waals surface area contributed by atoms with E-state index < -0.39 is 9.52 Å². The third-order valence-electron chi connectivity index (χ3n) is 3.78. The van der Waals surface area contributed by atoms with E-state index in [1.807, 2.05) is 0 Å². The summed E-state index contributed by atoms with van der Waals surface area (Å²) in [6.45, 7) is 16.8. The van der Waals surface area contributed by atoms with E-state index >= 15 is 0 Å². The first kappa shape index (κ1) is 16.1. The van der Waals surface area contributed by atoms with E-state index in [9.17, 15) is 0 Å². The second kappa shape index (κ2) is 7.60. The molecule has 0 N–H and O–H groups in total. The topological polar surface area (TPSA) is 24.9 Å². The van der Waals surface area contributed by atoms with Gasteiger partial charge in [-0.25, -0.2) is 0 Å². The van der Waals surface area contributed by atoms with Crippen LogP contribution >= 0.6 is 0 Å². The molecule has 1 aliphatic rings. The van der Waals surface area contributed by atoms with E-state index in [2.05, 4.69) is 44.4 Å². The first-order valence-corrected chi connectivity index (χ1v) is 8.88. The Morgan fingerprint density at radius 3 is 1.78 bits per heavy atom. The summed E-state index contributed by atoms with van der Waals surface area (Å²) in [5, 5.41) is 0. The van der Waals surface area contributed by atoms with Crippen LogP contribution in [0.3, 0.4) is 0 Å². The highest BCUT2D eigenvalue weighted by Crippen LogP contribution is 2.20. The fourth-order valence-electron chi connectivity index (χ4n) is 2.88. The molecule has 0 saturated carbocycles. The first-order valence-electron chi connectivity index (χ1n) is 7.36. The summed E-state index contributed by atoms with van der Waals surface area (Å²) in [4.78, 5) is 5.15. The van der Waals surface area contributed by atoms with Crippen LogP contribution in [0.4, 0.5) is 0 Å². The highest BCUT2D eigenvalue weighted by Gasteiger charge is 2.38. The average Bonchev–Trinajstić information content (AvgIpc) is 2.71. The van der Waals surface area contributed by atoms with Gasteiger partial charge in [-0.1, -0.05) is 13.8 Å². The third kappa shape index (κ3) is 4.03. The summed E-state index contributed by atoms with van der Waals surface area (Å²) in [5.41, 5.74) is -0.320. The van der Waals surface area contributed by atoms with E-state index in [1.54, 1.807) is 0 Å². The molecule has 0 bridgehead atoms. The number of likely N-dealkylation sites (N-methyl/N-ethyl adjacent to an activating group) is 2. The lowest BCUT2D eigenvalue weighted by Gasteiger charge is -2.37. The number of hydrogen-bond acceptors (Lipinski definition) is 4. The second-order valence-corrected chi connectivity index (χ2v) is 7.36. The Labute approximate surface area is 114 Å². The van der Waals surface area contributed by atoms with E-state index in [-0.39, 0.29) is 5.41 Å². The molecule has 4 nitrogen and oxygen atoms in total. The summed E-state index contributed by atoms with van der Waals surface area (Å²) in [6, 6.07) is 0. The molecule has 0 aromatic carbocycles. The molecule has 1 rings (SSSR count). The van der Waals surface area contributed by atoms with Gasteiger partial charge >= 0.3 is 0 Å². The van der Waals surface area contributed by atoms with Gasteiger partial charge in [0.05, 0.1) is 5.79 Å². The van der Waals surface area contributed by atoms with Crippen LogP contribution in [0.2, 0.25) is 0 Å². The molecule has 0 aromatic heterocycles. The van der Waals surface area contributed by atoms with Crippen LogP contribution in [0.15, 0.2) is 0 Å². The summed E-state index contributed by atoms with van der Waals surface area (Å²) in [6.07, 6.45) is 0. The minimum Gasteiger partial charge on any atom is -0.355 e. The van der Waals surface area contributed by atoms with Crippen molar-refractivity contribution < 1.29 is 9.47 Å². The van der Waals surface area contributed by atoms with Gasteiger partial charge in [0.25, 0.3) is 0 Å². The molecule has 0 amide bonds. The molecule has 1 heterocycles. The van der Waals surface area contributed by atoms with Gasteiger partial charge in [-0.05, 0) is 33.9 Å². The average molecular weight is 274 g/mol. The Balaban J connectivity index is 2.70. The minimum absolute atomic E-state index is 0.320. The third-order valence-corrected chi connectivity index (χ3v) is 6.33. The standard InChI is InChI=1S/C13H30N2O2Si/c1-6-14-10-11-15(7-2)12(14)18-13(5,16-8-3)17-9-4/h12H,6-11,18H2,1-5H3. The van der Waals surface area contributed by atoms with Gasteiger partial charge in [0, 0.05) is 26.3 Å². The van der Waals surface area contributed by atoms with Crippen LogP contribution in [-0.4, -0.2) is 69.9 Å². The number of rotatable bonds is 8. The van der Waals surface area contributed by atoms with E-state index in [0.717, 1.165) is 26.3 Å². The molecule has 1 aliphatic heterocycles. The van der Waals surface area contributed by atoms with Crippen molar-refractivity contribution in [3.05, 3.63) is 0 Å². The van der Waals surface area contributed by atoms with Crippen molar-refractivity contribution in [1.82, 2.24) is 9.80 Å². The van der Waals surface area contributed by atoms with Crippen LogP contribution in [0.25, 0.3) is 0 Å². The smallest absolute Gasteiger partial charge is 0.145 e. The molecule has 18 heavy (non-hydrogen) atoms. The second-order valence-electron chi connectivity index (χ2n) is 4.94. The maximum Gasteiger partial charge on any atom is 0.145 e. The molecule has 1 fully saturated rings. The van der Waals surface area contributed by atoms with Crippen molar-refractivity contribution >= 4 is 9.52 Å². The zero-order valence-corrected chi connectivity index (χ0v) is 14.2. The molecule has 1 saturated heterocycles. The first-order chi connectivity index (χ1) is 8.60. The molecule has 5 heteroatoms. The SMILES string of the molecule is CCOC(C)(OCC)[SiH2]C1N(CC)CCN1CC. The normalized spacial score (nSPS) is 20.5. The van der Waals surface area contributed by atoms with E-state index in [1.165, 1.54) is 13.1 Å². The number of hydrogen-bond donors (Lipinski definition) is 0. The van der Waals surface area contributed by atoms with Crippen molar-refractivity contribution in [1.29, 1.82) is 0 Å². The Hall–Kier alpha value is 0.0569. The molecule has 0 unspecified atom stereocenters. The van der Waals surface area contributed by atoms with Crippen molar-refractivity contribution in [2.75, 3.05) is 39.4 Å². The van der Waals surface area contributed by atoms with Crippen LogP contribution in [0.5, 0.6) is 0 Å². The summed E-state index contributed by atoms with van der Waals surface area (Å²) >= 11 is 0. The lowest BCUT2D eigenvalue weighted by molar-refractivity contribution is -0.165. The molecule has 0 spiro atoms. The van der Waals surface area contributed by atoms with Gasteiger partial charge in [-0.3, -0.25) is 9.80 Å². The van der Waals surface area contributed by atoms with Crippen LogP contribution < -0.4 is 0 Å². The molecular weight excluding hydrogens is 244 g/mol. The Morgan fingerprint density at radius 2 is 1.44 bits per heavy atom. The summed E-state index contributed by atoms with van der Waals surface area (Å²) in [5.74, 6) is 0.586. The van der Waals surface area contributed by atoms with Crippen LogP contribution in [0.1, 0.15) is 34.6 Å². The molecule has 0 atom stereocenters. The summed E-state index contributed by atoms with van der Waals surface area (Å²) in [7, 11) is -0.526. The number of ether oxygens (including phenoxy) is 2. The maximum atomic E-state index is 5.90. The molecule has 0 aliphatic carbocycles. The van der Waals surface area contributed by atoms with Gasteiger partial charge in [0.2, 0.25) is 0 Å². The lowest BCUT2D eigenvalue weighted by atomic mass is 10.6. The quantitative estimate of drug-likeness (QED) is 0.484. The Morgan fingerprint density at radius 1 is 1.00 bits per heavy atom. The maximum absolute atomic E-state index is 5.90. The van der Waals surface area contributed by atoms with Gasteiger partial charge < -0.3 is 9.47 Å². The highest BCUT2D eigenvalue weighted by atomic mass is 28.2. The minimum atomic E-state index is -0.526. The van der Waals surface area contributed by atoms with Gasteiger partial charge in [0.15, 0.2) is 0 Å². The molecular formula is C13H30N2O2Si. The fourth-order valence-corrected chi connectivity index (χ4v) is 5.59. The monoisotopic (exact) mass is 274 g/mol. The van der Waals surface area contributed by atoms with Gasteiger partial charge in [0.1, 0.15) is 14.9 Å². The fraction of sp³-hybridized carbons (Fsp3) is 1.00. The summed E-state index contributed by atoms with van der Waals surface area (Å²) < 4.78 is 11.8. The number of nitrogens with zero attached hydrogens (tertiary/aromatic N) is 2. The van der Waals surface area contributed by atoms with Crippen LogP contribution in [-0.2, 0) is 9.47 Å². The van der Waals surface area contributed by atoms with E-state index in [0.29, 0.717) is 5.79 Å². The largest absolute Gasteiger partial charge is 0.355 e. The van der Waals surface area contributed by atoms with Crippen molar-refractivity contribution in [2.24, 2.45) is 0 Å². The highest BCUT2D eigenvalue weighted by molar-refractivity contribution is 6.40. The van der Waals surface area contributed by atoms with E-state index in [4.69, 9.17) is 9.47 Å². The van der Waals surface area contributed by atoms with Gasteiger partial charge in [-0.15, -0.1) is 0 Å². The Kier molecular flexibility index (Phi) is 6.80. The van der Waals surface area contributed by atoms with Crippen molar-refractivity contribution in [2.45, 2.75) is 45.8 Å². The molecule has 108 valence electrons. The predicted molar refractivity (Wildman–Crippen MR) is 78.5 cm³/mol. The zero-order chi connectivity index (χ0) is 13.6.